The van der Waals surface area contributed by atoms with Gasteiger partial charge in [0.1, 0.15) is 0 Å². The number of rotatable bonds is 9. The van der Waals surface area contributed by atoms with Crippen LogP contribution in [-0.4, -0.2) is 11.1 Å². The number of halogens is 1. The van der Waals surface area contributed by atoms with Gasteiger partial charge in [-0.2, -0.15) is 0 Å². The summed E-state index contributed by atoms with van der Waals surface area (Å²) in [6, 6.07) is 32.3. The van der Waals surface area contributed by atoms with Crippen LogP contribution in [-0.2, 0) is 4.79 Å². The molecule has 160 valence electrons. The maximum Gasteiger partial charge on any atom is 0.303 e. The first-order valence-corrected chi connectivity index (χ1v) is 11.7. The maximum atomic E-state index is 10.0. The molecule has 0 aromatic heterocycles. The summed E-state index contributed by atoms with van der Waals surface area (Å²) in [6.07, 6.45) is 5.88. The number of benzene rings is 3. The molecule has 0 amide bonds. The summed E-state index contributed by atoms with van der Waals surface area (Å²) in [6.45, 7) is 2.15. The molecule has 0 spiro atoms. The molecule has 3 rings (SSSR count). The van der Waals surface area contributed by atoms with Gasteiger partial charge in [0.15, 0.2) is 0 Å². The fourth-order valence-corrected chi connectivity index (χ4v) is 5.36. The van der Waals surface area contributed by atoms with Gasteiger partial charge in [-0.05, 0) is 30.3 Å². The minimum atomic E-state index is -0.670. The average molecular weight is 487 g/mol. The van der Waals surface area contributed by atoms with Gasteiger partial charge in [-0.3, -0.25) is 4.79 Å². The lowest BCUT2D eigenvalue weighted by atomic mass is 10.1. The molecule has 30 heavy (non-hydrogen) atoms. The second kappa shape index (κ2) is 15.8. The van der Waals surface area contributed by atoms with E-state index in [2.05, 4.69) is 97.9 Å². The van der Waals surface area contributed by atoms with Crippen molar-refractivity contribution in [1.82, 2.24) is 0 Å². The molecule has 2 nitrogen and oxygen atoms in total. The molecule has 0 unspecified atom stereocenters. The summed E-state index contributed by atoms with van der Waals surface area (Å²) in [7, 11) is -0.446. The number of hydrogen-bond acceptors (Lipinski definition) is 1. The van der Waals surface area contributed by atoms with Crippen molar-refractivity contribution in [3.8, 4) is 0 Å². The summed E-state index contributed by atoms with van der Waals surface area (Å²) >= 11 is 0. The second-order valence-corrected chi connectivity index (χ2v) is 9.12. The molecule has 1 N–H and O–H groups in total. The molecule has 0 atom stereocenters. The summed E-state index contributed by atoms with van der Waals surface area (Å²) < 4.78 is 0. The molecule has 0 radical (unpaired) electrons. The van der Waals surface area contributed by atoms with Crippen LogP contribution in [0.4, 0.5) is 0 Å². The fourth-order valence-electron chi connectivity index (χ4n) is 3.06. The van der Waals surface area contributed by atoms with Crippen molar-refractivity contribution in [3.05, 3.63) is 91.0 Å². The van der Waals surface area contributed by atoms with Gasteiger partial charge in [0.05, 0.1) is 0 Å². The van der Waals surface area contributed by atoms with Crippen LogP contribution in [0.1, 0.15) is 45.4 Å². The van der Waals surface area contributed by atoms with E-state index in [-0.39, 0.29) is 17.0 Å². The third kappa shape index (κ3) is 9.69. The topological polar surface area (TPSA) is 37.3 Å². The van der Waals surface area contributed by atoms with Gasteiger partial charge < -0.3 is 5.11 Å². The summed E-state index contributed by atoms with van der Waals surface area (Å²) in [5, 5.41) is 12.5. The zero-order chi connectivity index (χ0) is 20.7. The van der Waals surface area contributed by atoms with Gasteiger partial charge in [0, 0.05) is 6.42 Å². The number of carboxylic acid groups (broad SMARTS) is 1. The number of aliphatic carboxylic acids is 1. The first kappa shape index (κ1) is 26.1. The Bertz CT molecular complexity index is 716. The lowest BCUT2D eigenvalue weighted by Gasteiger charge is -2.18. The van der Waals surface area contributed by atoms with E-state index in [1.165, 1.54) is 35.2 Å². The van der Waals surface area contributed by atoms with E-state index < -0.39 is 13.9 Å². The van der Waals surface area contributed by atoms with Crippen molar-refractivity contribution < 1.29 is 9.90 Å². The quantitative estimate of drug-likeness (QED) is 0.278. The predicted octanol–water partition coefficient (Wildman–Crippen LogP) is 6.45. The summed E-state index contributed by atoms with van der Waals surface area (Å²) in [5.41, 5.74) is 0. The Balaban J connectivity index is 0.000000354. The van der Waals surface area contributed by atoms with Crippen LogP contribution < -0.4 is 15.9 Å². The Hall–Kier alpha value is -1.96. The summed E-state index contributed by atoms with van der Waals surface area (Å²) in [5.74, 6) is -0.670. The number of hydrogen-bond donors (Lipinski definition) is 1. The first-order chi connectivity index (χ1) is 14.2. The van der Waals surface area contributed by atoms with E-state index >= 15 is 0 Å². The van der Waals surface area contributed by atoms with Crippen LogP contribution in [0, 0.1) is 0 Å². The van der Waals surface area contributed by atoms with Gasteiger partial charge in [0.25, 0.3) is 0 Å². The van der Waals surface area contributed by atoms with E-state index in [1.54, 1.807) is 0 Å². The number of carboxylic acids is 1. The van der Waals surface area contributed by atoms with Crippen LogP contribution in [0.5, 0.6) is 0 Å². The molecule has 3 aromatic carbocycles. The lowest BCUT2D eigenvalue weighted by molar-refractivity contribution is -0.137. The Morgan fingerprint density at radius 2 is 1.03 bits per heavy atom. The van der Waals surface area contributed by atoms with E-state index in [9.17, 15) is 4.79 Å². The second-order valence-electron chi connectivity index (χ2n) is 6.90. The highest BCUT2D eigenvalue weighted by Crippen LogP contribution is 2.32. The highest BCUT2D eigenvalue weighted by Gasteiger charge is 2.14. The molecule has 4 heteroatoms. The molecule has 3 aromatic rings. The van der Waals surface area contributed by atoms with Crippen molar-refractivity contribution in [1.29, 1.82) is 0 Å². The monoisotopic (exact) mass is 486 g/mol. The van der Waals surface area contributed by atoms with E-state index in [0.29, 0.717) is 6.42 Å². The molecule has 0 saturated carbocycles. The normalized spacial score (nSPS) is 9.93. The molecule has 0 aliphatic heterocycles. The lowest BCUT2D eigenvalue weighted by Crippen LogP contribution is -2.20. The van der Waals surface area contributed by atoms with Gasteiger partial charge in [-0.1, -0.05) is 124 Å². The van der Waals surface area contributed by atoms with Gasteiger partial charge in [0.2, 0.25) is 0 Å². The molecule has 0 bridgehead atoms. The number of carbonyl (C=O) groups is 1. The van der Waals surface area contributed by atoms with Crippen molar-refractivity contribution in [2.75, 3.05) is 0 Å². The smallest absolute Gasteiger partial charge is 0.303 e. The van der Waals surface area contributed by atoms with Crippen molar-refractivity contribution in [3.63, 3.8) is 0 Å². The van der Waals surface area contributed by atoms with Gasteiger partial charge in [-0.15, -0.1) is 17.0 Å². The van der Waals surface area contributed by atoms with Crippen molar-refractivity contribution in [2.24, 2.45) is 0 Å². The highest BCUT2D eigenvalue weighted by atomic mass is 79.9. The fraction of sp³-hybridized carbons (Fsp3) is 0.269. The van der Waals surface area contributed by atoms with Gasteiger partial charge in [-0.25, -0.2) is 0 Å². The third-order valence-corrected chi connectivity index (χ3v) is 6.98. The maximum absolute atomic E-state index is 10.0. The highest BCUT2D eigenvalue weighted by molar-refractivity contribution is 8.93. The molecular weight excluding hydrogens is 455 g/mol. The predicted molar refractivity (Wildman–Crippen MR) is 136 cm³/mol. The molecule has 0 heterocycles. The minimum absolute atomic E-state index is 0. The molecule has 0 saturated heterocycles. The Morgan fingerprint density at radius 1 is 0.667 bits per heavy atom. The van der Waals surface area contributed by atoms with Crippen LogP contribution >= 0.6 is 24.9 Å². The Morgan fingerprint density at radius 3 is 1.37 bits per heavy atom. The third-order valence-electron chi connectivity index (χ3n) is 4.54. The van der Waals surface area contributed by atoms with Crippen LogP contribution in [0.3, 0.4) is 0 Å². The Labute approximate surface area is 192 Å². The van der Waals surface area contributed by atoms with Crippen molar-refractivity contribution in [2.45, 2.75) is 45.4 Å². The van der Waals surface area contributed by atoms with Crippen LogP contribution in [0.2, 0.25) is 0 Å². The zero-order valence-electron chi connectivity index (χ0n) is 17.6. The van der Waals surface area contributed by atoms with E-state index in [0.717, 1.165) is 12.8 Å². The van der Waals surface area contributed by atoms with Crippen LogP contribution in [0.15, 0.2) is 91.0 Å². The zero-order valence-corrected chi connectivity index (χ0v) is 20.2. The van der Waals surface area contributed by atoms with E-state index in [1.807, 2.05) is 0 Å². The Kier molecular flexibility index (Phi) is 13.8. The molecule has 0 aliphatic rings. The largest absolute Gasteiger partial charge is 0.481 e. The average Bonchev–Trinajstić information content (AvgIpc) is 2.76. The van der Waals surface area contributed by atoms with Crippen LogP contribution in [0.25, 0.3) is 0 Å². The number of unbranched alkanes of at least 4 members (excludes halogenated alkanes) is 4. The standard InChI is InChI=1S/C18H15P.C8H16O2.BrH/c1-4-10-16(11-5-1)19(17-12-6-2-7-13-17)18-14-8-3-9-15-18;1-2-3-4-5-6-7-8(9)10;/h1-15H;2-7H2,1H3,(H,9,10);1H. The molecule has 0 fully saturated rings. The van der Waals surface area contributed by atoms with E-state index in [4.69, 9.17) is 5.11 Å². The minimum Gasteiger partial charge on any atom is -0.481 e. The van der Waals surface area contributed by atoms with Crippen molar-refractivity contribution >= 4 is 46.8 Å². The summed E-state index contributed by atoms with van der Waals surface area (Å²) in [4.78, 5) is 10.0. The SMILES string of the molecule is Br.CCCCCCCC(=O)O.c1ccc(P(c2ccccc2)c2ccccc2)cc1. The molecule has 0 aliphatic carbocycles. The molecular formula is C26H32BrO2P. The first-order valence-electron chi connectivity index (χ1n) is 10.4. The van der Waals surface area contributed by atoms with Gasteiger partial charge >= 0.3 is 5.97 Å².